The molecule has 0 bridgehead atoms. The molecule has 2 aromatic rings. The van der Waals surface area contributed by atoms with E-state index in [1.165, 1.54) is 24.3 Å². The summed E-state index contributed by atoms with van der Waals surface area (Å²) < 4.78 is 18.8. The van der Waals surface area contributed by atoms with Crippen LogP contribution in [-0.4, -0.2) is 24.7 Å². The number of non-ortho nitro benzene ring substituents is 1. The van der Waals surface area contributed by atoms with Gasteiger partial charge in [0.2, 0.25) is 0 Å². The minimum Gasteiger partial charge on any atom is -0.383 e. The molecule has 1 heterocycles. The van der Waals surface area contributed by atoms with Crippen LogP contribution in [0.2, 0.25) is 5.02 Å². The van der Waals surface area contributed by atoms with E-state index in [9.17, 15) is 14.5 Å². The molecule has 7 heteroatoms. The summed E-state index contributed by atoms with van der Waals surface area (Å²) in [6.07, 6.45) is 1.60. The summed E-state index contributed by atoms with van der Waals surface area (Å²) in [7, 11) is 0. The molecule has 132 valence electrons. The van der Waals surface area contributed by atoms with Gasteiger partial charge in [-0.2, -0.15) is 0 Å². The Labute approximate surface area is 149 Å². The van der Waals surface area contributed by atoms with E-state index in [1.54, 1.807) is 18.2 Å². The predicted molar refractivity (Wildman–Crippen MR) is 94.7 cm³/mol. The van der Waals surface area contributed by atoms with Crippen LogP contribution in [0, 0.1) is 15.9 Å². The number of benzene rings is 2. The molecule has 0 amide bonds. The lowest BCUT2D eigenvalue weighted by Gasteiger charge is -2.38. The van der Waals surface area contributed by atoms with E-state index in [0.29, 0.717) is 30.5 Å². The fourth-order valence-corrected chi connectivity index (χ4v) is 3.40. The highest BCUT2D eigenvalue weighted by molar-refractivity contribution is 6.33. The zero-order valence-electron chi connectivity index (χ0n) is 13.5. The fourth-order valence-electron chi connectivity index (χ4n) is 3.16. The fraction of sp³-hybridized carbons (Fsp3) is 0.333. The molecular weight excluding hydrogens is 347 g/mol. The third-order valence-corrected chi connectivity index (χ3v) is 5.00. The molecule has 1 aliphatic heterocycles. The molecule has 1 N–H and O–H groups in total. The lowest BCUT2D eigenvalue weighted by atomic mass is 9.74. The van der Waals surface area contributed by atoms with Gasteiger partial charge in [0, 0.05) is 37.3 Å². The van der Waals surface area contributed by atoms with Crippen LogP contribution in [-0.2, 0) is 10.2 Å². The Kier molecular flexibility index (Phi) is 5.20. The highest BCUT2D eigenvalue weighted by atomic mass is 35.5. The van der Waals surface area contributed by atoms with Crippen LogP contribution in [0.3, 0.4) is 0 Å². The number of nitrogens with zero attached hydrogens (tertiary/aromatic N) is 1. The highest BCUT2D eigenvalue weighted by Crippen LogP contribution is 2.36. The zero-order valence-corrected chi connectivity index (χ0v) is 14.3. The summed E-state index contributed by atoms with van der Waals surface area (Å²) >= 11 is 6.16. The van der Waals surface area contributed by atoms with Crippen molar-refractivity contribution < 1.29 is 14.1 Å². The van der Waals surface area contributed by atoms with Gasteiger partial charge < -0.3 is 10.1 Å². The number of halogens is 2. The van der Waals surface area contributed by atoms with Gasteiger partial charge in [-0.05, 0) is 36.6 Å². The van der Waals surface area contributed by atoms with Gasteiger partial charge in [0.05, 0.1) is 15.6 Å². The molecule has 0 atom stereocenters. The summed E-state index contributed by atoms with van der Waals surface area (Å²) in [5.74, 6) is -0.266. The molecule has 0 unspecified atom stereocenters. The summed E-state index contributed by atoms with van der Waals surface area (Å²) in [6, 6.07) is 10.9. The maximum Gasteiger partial charge on any atom is 0.271 e. The van der Waals surface area contributed by atoms with Gasteiger partial charge in [0.25, 0.3) is 5.69 Å². The molecule has 1 aliphatic rings. The summed E-state index contributed by atoms with van der Waals surface area (Å²) in [4.78, 5) is 10.3. The first-order chi connectivity index (χ1) is 12.0. The first kappa shape index (κ1) is 17.6. The van der Waals surface area contributed by atoms with Gasteiger partial charge in [-0.3, -0.25) is 10.1 Å². The van der Waals surface area contributed by atoms with Crippen LogP contribution in [0.5, 0.6) is 0 Å². The minimum absolute atomic E-state index is 0.0464. The minimum atomic E-state index is -0.478. The van der Waals surface area contributed by atoms with E-state index >= 15 is 0 Å². The average Bonchev–Trinajstić information content (AvgIpc) is 2.62. The van der Waals surface area contributed by atoms with Crippen LogP contribution in [0.1, 0.15) is 18.4 Å². The first-order valence-corrected chi connectivity index (χ1v) is 8.40. The Balaban J connectivity index is 1.82. The van der Waals surface area contributed by atoms with Crippen molar-refractivity contribution in [1.82, 2.24) is 0 Å². The second kappa shape index (κ2) is 7.37. The van der Waals surface area contributed by atoms with Gasteiger partial charge >= 0.3 is 0 Å². The Morgan fingerprint density at radius 1 is 1.20 bits per heavy atom. The predicted octanol–water partition coefficient (Wildman–Crippen LogP) is 4.55. The molecule has 2 aromatic carbocycles. The Bertz CT molecular complexity index is 761. The van der Waals surface area contributed by atoms with Crippen LogP contribution in [0.15, 0.2) is 42.5 Å². The quantitative estimate of drug-likeness (QED) is 0.624. The third-order valence-electron chi connectivity index (χ3n) is 4.69. The van der Waals surface area contributed by atoms with E-state index in [-0.39, 0.29) is 16.9 Å². The Morgan fingerprint density at radius 2 is 1.88 bits per heavy atom. The van der Waals surface area contributed by atoms with Crippen molar-refractivity contribution in [3.63, 3.8) is 0 Å². The lowest BCUT2D eigenvalue weighted by Crippen LogP contribution is -2.40. The van der Waals surface area contributed by atoms with Crippen molar-refractivity contribution in [2.75, 3.05) is 25.1 Å². The van der Waals surface area contributed by atoms with Crippen LogP contribution in [0.4, 0.5) is 15.8 Å². The third kappa shape index (κ3) is 3.91. The average molecular weight is 365 g/mol. The summed E-state index contributed by atoms with van der Waals surface area (Å²) in [5, 5.41) is 14.4. The lowest BCUT2D eigenvalue weighted by molar-refractivity contribution is -0.384. The molecule has 0 radical (unpaired) electrons. The molecular formula is C18H18ClFN2O3. The van der Waals surface area contributed by atoms with Crippen LogP contribution >= 0.6 is 11.6 Å². The van der Waals surface area contributed by atoms with Crippen molar-refractivity contribution in [3.05, 3.63) is 69.0 Å². The molecule has 0 saturated carbocycles. The molecule has 0 aromatic heterocycles. The molecule has 0 aliphatic carbocycles. The van der Waals surface area contributed by atoms with Crippen LogP contribution < -0.4 is 5.32 Å². The van der Waals surface area contributed by atoms with E-state index < -0.39 is 4.92 Å². The zero-order chi connectivity index (χ0) is 17.9. The second-order valence-electron chi connectivity index (χ2n) is 6.17. The normalized spacial score (nSPS) is 16.4. The van der Waals surface area contributed by atoms with Crippen molar-refractivity contribution in [1.29, 1.82) is 0 Å². The van der Waals surface area contributed by atoms with Gasteiger partial charge in [-0.25, -0.2) is 4.39 Å². The van der Waals surface area contributed by atoms with Crippen molar-refractivity contribution in [2.45, 2.75) is 18.3 Å². The Hall–Kier alpha value is -2.18. The molecule has 5 nitrogen and oxygen atoms in total. The van der Waals surface area contributed by atoms with Gasteiger partial charge in [0.15, 0.2) is 0 Å². The van der Waals surface area contributed by atoms with Gasteiger partial charge in [-0.1, -0.05) is 23.7 Å². The number of ether oxygens (including phenoxy) is 1. The van der Waals surface area contributed by atoms with E-state index in [1.807, 2.05) is 0 Å². The van der Waals surface area contributed by atoms with E-state index in [0.717, 1.165) is 18.4 Å². The number of nitro groups is 1. The van der Waals surface area contributed by atoms with Crippen molar-refractivity contribution in [2.24, 2.45) is 0 Å². The standard InChI is InChI=1S/C18H18ClFN2O3/c19-16-11-15(22(23)24)5-6-17(16)21-12-18(7-9-25-10-8-18)13-1-3-14(20)4-2-13/h1-6,11,21H,7-10,12H2. The molecule has 0 spiro atoms. The highest BCUT2D eigenvalue weighted by Gasteiger charge is 2.34. The number of hydrogen-bond donors (Lipinski definition) is 1. The SMILES string of the molecule is O=[N+]([O-])c1ccc(NCC2(c3ccc(F)cc3)CCOCC2)c(Cl)c1. The number of hydrogen-bond acceptors (Lipinski definition) is 4. The molecule has 1 fully saturated rings. The maximum atomic E-state index is 13.3. The van der Waals surface area contributed by atoms with Gasteiger partial charge in [0.1, 0.15) is 5.82 Å². The molecule has 25 heavy (non-hydrogen) atoms. The molecule has 3 rings (SSSR count). The van der Waals surface area contributed by atoms with Gasteiger partial charge in [-0.15, -0.1) is 0 Å². The smallest absolute Gasteiger partial charge is 0.271 e. The van der Waals surface area contributed by atoms with Crippen LogP contribution in [0.25, 0.3) is 0 Å². The monoisotopic (exact) mass is 364 g/mol. The van der Waals surface area contributed by atoms with E-state index in [4.69, 9.17) is 16.3 Å². The number of anilines is 1. The number of nitro benzene ring substituents is 1. The topological polar surface area (TPSA) is 64.4 Å². The van der Waals surface area contributed by atoms with E-state index in [2.05, 4.69) is 5.32 Å². The first-order valence-electron chi connectivity index (χ1n) is 8.02. The largest absolute Gasteiger partial charge is 0.383 e. The molecule has 1 saturated heterocycles. The Morgan fingerprint density at radius 3 is 2.48 bits per heavy atom. The van der Waals surface area contributed by atoms with Crippen molar-refractivity contribution in [3.8, 4) is 0 Å². The number of rotatable bonds is 5. The number of nitrogens with one attached hydrogen (secondary N) is 1. The second-order valence-corrected chi connectivity index (χ2v) is 6.58. The van der Waals surface area contributed by atoms with Crippen molar-refractivity contribution >= 4 is 23.0 Å². The maximum absolute atomic E-state index is 13.3. The summed E-state index contributed by atoms with van der Waals surface area (Å²) in [6.45, 7) is 1.85. The summed E-state index contributed by atoms with van der Waals surface area (Å²) in [5.41, 5.74) is 1.44.